The first-order valence-corrected chi connectivity index (χ1v) is 1.24. The molecule has 0 atom stereocenters. The molecule has 2 nitrogen and oxygen atoms in total. The minimum Gasteiger partial charge on any atom is -0.475 e. The molecule has 61 valence electrons. The predicted octanol–water partition coefficient (Wildman–Crippen LogP) is 1.25. The second kappa shape index (κ2) is 5.51. The van der Waals surface area contributed by atoms with Crippen molar-refractivity contribution in [2.24, 2.45) is 0 Å². The average Bonchev–Trinajstić information content (AvgIpc) is 1.31. The summed E-state index contributed by atoms with van der Waals surface area (Å²) in [4.78, 5) is 8.90. The van der Waals surface area contributed by atoms with Gasteiger partial charge in [0.15, 0.2) is 0 Å². The molecule has 0 aromatic heterocycles. The van der Waals surface area contributed by atoms with Gasteiger partial charge in [-0.25, -0.2) is 4.79 Å². The van der Waals surface area contributed by atoms with Gasteiger partial charge >= 0.3 is 12.1 Å². The molecule has 0 aromatic carbocycles. The number of alkyl halides is 3. The van der Waals surface area contributed by atoms with Crippen LogP contribution in [0.15, 0.2) is 0 Å². The van der Waals surface area contributed by atoms with Crippen molar-refractivity contribution in [3.8, 4) is 0 Å². The number of aliphatic carboxylic acids is 1. The van der Waals surface area contributed by atoms with Gasteiger partial charge in [0.2, 0.25) is 0 Å². The maximum absolute atomic E-state index is 10.6. The fraction of sp³-hybridized carbons (Fsp3) is 0.500. The molecule has 0 unspecified atom stereocenters. The average molecular weight is 350 g/mol. The van der Waals surface area contributed by atoms with Gasteiger partial charge in [-0.05, 0) is 0 Å². The Morgan fingerprint density at radius 3 is 1.44 bits per heavy atom. The Kier molecular flexibility index (Phi) is 10.0. The van der Waals surface area contributed by atoms with Crippen molar-refractivity contribution >= 4 is 29.9 Å². The fourth-order valence-electron chi connectivity index (χ4n) is 0. The summed E-state index contributed by atoms with van der Waals surface area (Å²) in [6.07, 6.45) is -5.08. The smallest absolute Gasteiger partial charge is 0.475 e. The van der Waals surface area contributed by atoms with E-state index in [9.17, 15) is 13.2 Å². The van der Waals surface area contributed by atoms with Gasteiger partial charge in [-0.3, -0.25) is 0 Å². The van der Waals surface area contributed by atoms with E-state index in [0.717, 1.165) is 0 Å². The first-order valence-electron chi connectivity index (χ1n) is 1.24. The minimum absolute atomic E-state index is 0. The van der Waals surface area contributed by atoms with Crippen LogP contribution < -0.4 is 0 Å². The number of carboxylic acid groups (broad SMARTS) is 1. The van der Waals surface area contributed by atoms with Crippen molar-refractivity contribution in [3.05, 3.63) is 0 Å². The second-order valence-corrected chi connectivity index (χ2v) is 0.803. The van der Waals surface area contributed by atoms with Gasteiger partial charge in [0.05, 0.1) is 0 Å². The van der Waals surface area contributed by atoms with Crippen LogP contribution in [0.3, 0.4) is 0 Å². The minimum atomic E-state index is -5.08. The van der Waals surface area contributed by atoms with Crippen molar-refractivity contribution in [2.75, 3.05) is 0 Å². The van der Waals surface area contributed by atoms with Gasteiger partial charge < -0.3 is 5.11 Å². The third-order valence-electron chi connectivity index (χ3n) is 0.243. The van der Waals surface area contributed by atoms with Crippen molar-refractivity contribution < 1.29 is 45.5 Å². The summed E-state index contributed by atoms with van der Waals surface area (Å²) < 4.78 is 31.7. The molecule has 1 radical (unpaired) electrons. The largest absolute Gasteiger partial charge is 0.490 e. The van der Waals surface area contributed by atoms with Crippen LogP contribution in [0.2, 0.25) is 0 Å². The molecule has 0 rings (SSSR count). The molecule has 0 fully saturated rings. The molecular weight excluding hydrogens is 348 g/mol. The van der Waals surface area contributed by atoms with E-state index >= 15 is 0 Å². The predicted molar refractivity (Wildman–Crippen MR) is 29.1 cm³/mol. The van der Waals surface area contributed by atoms with E-state index in [1.165, 1.54) is 0 Å². The van der Waals surface area contributed by atoms with E-state index in [-0.39, 0.29) is 46.4 Å². The van der Waals surface area contributed by atoms with Gasteiger partial charge in [-0.2, -0.15) is 13.2 Å². The third-order valence-corrected chi connectivity index (χ3v) is 0.243. The van der Waals surface area contributed by atoms with Crippen LogP contribution in [0.1, 0.15) is 0 Å². The number of halogens is 4. The van der Waals surface area contributed by atoms with Gasteiger partial charge in [-0.1, -0.05) is 0 Å². The van der Waals surface area contributed by atoms with Gasteiger partial charge in [-0.15, -0.1) is 24.0 Å². The van der Waals surface area contributed by atoms with Crippen LogP contribution in [0.4, 0.5) is 13.2 Å². The standard InChI is InChI=1S/C2HF3O2.Ag.HI/c3-2(4,5)1(6)7;;/h(H,6,7);;1H. The van der Waals surface area contributed by atoms with E-state index in [4.69, 9.17) is 9.90 Å². The summed E-state index contributed by atoms with van der Waals surface area (Å²) in [5.41, 5.74) is 0. The Bertz CT molecular complexity index is 92.3. The van der Waals surface area contributed by atoms with Gasteiger partial charge in [0, 0.05) is 22.4 Å². The SMILES string of the molecule is I.O=C(O)C(F)(F)F.[Ag]. The van der Waals surface area contributed by atoms with Gasteiger partial charge in [0.25, 0.3) is 0 Å². The molecular formula is C2H2AgF3IO2. The number of hydrogen-bond donors (Lipinski definition) is 1. The fourth-order valence-corrected chi connectivity index (χ4v) is 0. The Hall–Kier alpha value is 0.730. The number of carboxylic acids is 1. The van der Waals surface area contributed by atoms with Crippen LogP contribution in [-0.2, 0) is 27.2 Å². The molecule has 1 N–H and O–H groups in total. The van der Waals surface area contributed by atoms with Gasteiger partial charge in [0.1, 0.15) is 0 Å². The van der Waals surface area contributed by atoms with Crippen molar-refractivity contribution in [1.29, 1.82) is 0 Å². The summed E-state index contributed by atoms with van der Waals surface area (Å²) in [5, 5.41) is 7.12. The molecule has 0 saturated heterocycles. The third kappa shape index (κ3) is 8.73. The molecule has 0 aliphatic heterocycles. The number of rotatable bonds is 0. The van der Waals surface area contributed by atoms with E-state index in [1.807, 2.05) is 0 Å². The van der Waals surface area contributed by atoms with Crippen molar-refractivity contribution in [2.45, 2.75) is 6.18 Å². The maximum Gasteiger partial charge on any atom is 0.490 e. The van der Waals surface area contributed by atoms with Crippen LogP contribution in [0.25, 0.3) is 0 Å². The molecule has 9 heavy (non-hydrogen) atoms. The summed E-state index contributed by atoms with van der Waals surface area (Å²) in [6.45, 7) is 0. The van der Waals surface area contributed by atoms with Crippen LogP contribution in [-0.4, -0.2) is 17.3 Å². The van der Waals surface area contributed by atoms with Crippen LogP contribution in [0, 0.1) is 0 Å². The topological polar surface area (TPSA) is 37.3 Å². The molecule has 0 saturated carbocycles. The number of hydrogen-bond acceptors (Lipinski definition) is 1. The molecule has 0 aromatic rings. The normalized spacial score (nSPS) is 8.78. The second-order valence-electron chi connectivity index (χ2n) is 0.803. The monoisotopic (exact) mass is 349 g/mol. The van der Waals surface area contributed by atoms with Crippen molar-refractivity contribution in [3.63, 3.8) is 0 Å². The summed E-state index contributed by atoms with van der Waals surface area (Å²) >= 11 is 0. The molecule has 0 heterocycles. The Morgan fingerprint density at radius 1 is 1.33 bits per heavy atom. The van der Waals surface area contributed by atoms with Crippen LogP contribution in [0.5, 0.6) is 0 Å². The summed E-state index contributed by atoms with van der Waals surface area (Å²) in [7, 11) is 0. The zero-order chi connectivity index (χ0) is 6.08. The molecule has 0 amide bonds. The first-order chi connectivity index (χ1) is 2.94. The molecule has 0 aliphatic rings. The molecule has 0 aliphatic carbocycles. The molecule has 0 spiro atoms. The first kappa shape index (κ1) is 16.4. The van der Waals surface area contributed by atoms with Crippen molar-refractivity contribution in [1.82, 2.24) is 0 Å². The zero-order valence-electron chi connectivity index (χ0n) is 3.70. The Balaban J connectivity index is -0.000000180. The quantitative estimate of drug-likeness (QED) is 0.528. The zero-order valence-corrected chi connectivity index (χ0v) is 7.51. The van der Waals surface area contributed by atoms with E-state index in [0.29, 0.717) is 0 Å². The summed E-state index contributed by atoms with van der Waals surface area (Å²) in [5.74, 6) is -2.76. The van der Waals surface area contributed by atoms with Crippen LogP contribution >= 0.6 is 24.0 Å². The molecule has 7 heteroatoms. The van der Waals surface area contributed by atoms with E-state index in [2.05, 4.69) is 0 Å². The number of carbonyl (C=O) groups is 1. The maximum atomic E-state index is 10.6. The Morgan fingerprint density at radius 2 is 1.44 bits per heavy atom. The summed E-state index contributed by atoms with van der Waals surface area (Å²) in [6, 6.07) is 0. The van der Waals surface area contributed by atoms with E-state index in [1.54, 1.807) is 0 Å². The molecule has 0 bridgehead atoms. The Labute approximate surface area is 81.3 Å². The van der Waals surface area contributed by atoms with E-state index < -0.39 is 12.1 Å².